The Hall–Kier alpha value is -0.630. The summed E-state index contributed by atoms with van der Waals surface area (Å²) in [5, 5.41) is 0. The predicted octanol–water partition coefficient (Wildman–Crippen LogP) is -0.745. The summed E-state index contributed by atoms with van der Waals surface area (Å²) in [5.74, 6) is -2.69. The Labute approximate surface area is 95.8 Å². The van der Waals surface area contributed by atoms with Crippen LogP contribution in [0.3, 0.4) is 0 Å². The maximum atomic E-state index is 11.4. The smallest absolute Gasteiger partial charge is 0.309 e. The average molecular weight is 272 g/mol. The van der Waals surface area contributed by atoms with Crippen LogP contribution in [-0.4, -0.2) is 53.4 Å². The van der Waals surface area contributed by atoms with E-state index in [9.17, 15) is 21.6 Å². The lowest BCUT2D eigenvalue weighted by molar-refractivity contribution is -0.144. The van der Waals surface area contributed by atoms with Crippen LogP contribution in [0.25, 0.3) is 0 Å². The zero-order chi connectivity index (χ0) is 13.0. The molecule has 6 nitrogen and oxygen atoms in total. The van der Waals surface area contributed by atoms with Gasteiger partial charge in [0.2, 0.25) is 0 Å². The van der Waals surface area contributed by atoms with Gasteiger partial charge in [-0.25, -0.2) is 16.8 Å². The highest BCUT2D eigenvalue weighted by Crippen LogP contribution is 2.05. The molecule has 0 heterocycles. The minimum atomic E-state index is -3.55. The van der Waals surface area contributed by atoms with Gasteiger partial charge in [-0.3, -0.25) is 4.79 Å². The van der Waals surface area contributed by atoms with E-state index >= 15 is 0 Å². The first-order valence-electron chi connectivity index (χ1n) is 4.53. The van der Waals surface area contributed by atoms with Gasteiger partial charge in [0.25, 0.3) is 0 Å². The molecule has 0 amide bonds. The first kappa shape index (κ1) is 15.4. The molecule has 0 saturated carbocycles. The Morgan fingerprint density at radius 2 is 1.69 bits per heavy atom. The van der Waals surface area contributed by atoms with Crippen molar-refractivity contribution < 1.29 is 26.4 Å². The maximum absolute atomic E-state index is 11.4. The lowest BCUT2D eigenvalue weighted by atomic mass is 10.2. The molecule has 0 fully saturated rings. The predicted molar refractivity (Wildman–Crippen MR) is 59.5 cm³/mol. The molecule has 0 aromatic carbocycles. The van der Waals surface area contributed by atoms with E-state index in [-0.39, 0.29) is 0 Å². The quantitative estimate of drug-likeness (QED) is 0.591. The fourth-order valence-electron chi connectivity index (χ4n) is 1.01. The zero-order valence-corrected chi connectivity index (χ0v) is 11.1. The second kappa shape index (κ2) is 5.62. The minimum Gasteiger partial charge on any atom is -0.469 e. The van der Waals surface area contributed by atoms with Crippen LogP contribution in [0.5, 0.6) is 0 Å². The van der Waals surface area contributed by atoms with Crippen molar-refractivity contribution in [1.29, 1.82) is 0 Å². The number of sulfone groups is 2. The number of carbonyl (C=O) groups excluding carboxylic acids is 1. The summed E-state index contributed by atoms with van der Waals surface area (Å²) in [7, 11) is -5.69. The molecule has 0 aliphatic heterocycles. The molecular formula is C8H16O6S2. The monoisotopic (exact) mass is 272 g/mol. The molecule has 0 saturated heterocycles. The molecule has 96 valence electrons. The van der Waals surface area contributed by atoms with Gasteiger partial charge in [-0.15, -0.1) is 0 Å². The lowest BCUT2D eigenvalue weighted by Gasteiger charge is -2.09. The van der Waals surface area contributed by atoms with Crippen LogP contribution in [0, 0.1) is 5.92 Å². The molecule has 0 aliphatic carbocycles. The third-order valence-corrected chi connectivity index (χ3v) is 4.91. The molecule has 16 heavy (non-hydrogen) atoms. The molecule has 0 spiro atoms. The third kappa shape index (κ3) is 6.78. The van der Waals surface area contributed by atoms with Crippen molar-refractivity contribution >= 4 is 25.6 Å². The summed E-state index contributed by atoms with van der Waals surface area (Å²) >= 11 is 0. The lowest BCUT2D eigenvalue weighted by Crippen LogP contribution is -2.26. The molecule has 8 heteroatoms. The second-order valence-corrected chi connectivity index (χ2v) is 8.16. The average Bonchev–Trinajstić information content (AvgIpc) is 2.12. The number of methoxy groups -OCH3 is 1. The van der Waals surface area contributed by atoms with Crippen LogP contribution >= 0.6 is 0 Å². The number of carbonyl (C=O) groups is 1. The van der Waals surface area contributed by atoms with E-state index in [0.29, 0.717) is 0 Å². The molecular weight excluding hydrogens is 256 g/mol. The highest BCUT2D eigenvalue weighted by Gasteiger charge is 2.23. The van der Waals surface area contributed by atoms with Gasteiger partial charge in [-0.05, 0) is 0 Å². The highest BCUT2D eigenvalue weighted by molar-refractivity contribution is 7.94. The number of ether oxygens (including phenoxy) is 1. The number of esters is 1. The van der Waals surface area contributed by atoms with Crippen LogP contribution in [0.4, 0.5) is 0 Å². The van der Waals surface area contributed by atoms with Crippen molar-refractivity contribution in [2.45, 2.75) is 6.92 Å². The Kier molecular flexibility index (Phi) is 5.40. The maximum Gasteiger partial charge on any atom is 0.309 e. The molecule has 0 N–H and O–H groups in total. The first-order valence-corrected chi connectivity index (χ1v) is 8.41. The van der Waals surface area contributed by atoms with Gasteiger partial charge in [-0.2, -0.15) is 0 Å². The van der Waals surface area contributed by atoms with Crippen LogP contribution in [-0.2, 0) is 29.2 Å². The van der Waals surface area contributed by atoms with Crippen molar-refractivity contribution in [3.8, 4) is 0 Å². The Balaban J connectivity index is 4.43. The van der Waals surface area contributed by atoms with E-state index in [0.717, 1.165) is 6.26 Å². The molecule has 0 rings (SSSR count). The Morgan fingerprint density at radius 1 is 1.19 bits per heavy atom. The number of rotatable bonds is 6. The van der Waals surface area contributed by atoms with E-state index in [2.05, 4.69) is 4.74 Å². The Bertz CT molecular complexity index is 433. The summed E-state index contributed by atoms with van der Waals surface area (Å²) < 4.78 is 48.8. The summed E-state index contributed by atoms with van der Waals surface area (Å²) in [4.78, 5) is 11.0. The first-order chi connectivity index (χ1) is 7.07. The molecule has 1 atom stereocenters. The second-order valence-electron chi connectivity index (χ2n) is 3.67. The standard InChI is InChI=1S/C8H16O6S2/c1-7(8(9)14-2)6-16(12,13)5-4-15(3,10)11/h7H,4-6H2,1-3H3. The van der Waals surface area contributed by atoms with Gasteiger partial charge < -0.3 is 4.74 Å². The minimum absolute atomic E-state index is 0.394. The van der Waals surface area contributed by atoms with Crippen molar-refractivity contribution in [1.82, 2.24) is 0 Å². The largest absolute Gasteiger partial charge is 0.469 e. The van der Waals surface area contributed by atoms with Gasteiger partial charge in [0.15, 0.2) is 9.84 Å². The van der Waals surface area contributed by atoms with Gasteiger partial charge in [0.1, 0.15) is 9.84 Å². The molecule has 0 aliphatic rings. The molecule has 0 radical (unpaired) electrons. The fraction of sp³-hybridized carbons (Fsp3) is 0.875. The van der Waals surface area contributed by atoms with Gasteiger partial charge in [-0.1, -0.05) is 6.92 Å². The van der Waals surface area contributed by atoms with Crippen LogP contribution in [0.2, 0.25) is 0 Å². The number of hydrogen-bond donors (Lipinski definition) is 0. The van der Waals surface area contributed by atoms with Gasteiger partial charge in [0, 0.05) is 6.26 Å². The summed E-state index contributed by atoms with van der Waals surface area (Å²) in [6, 6.07) is 0. The zero-order valence-electron chi connectivity index (χ0n) is 9.46. The molecule has 0 aromatic heterocycles. The summed E-state index contributed by atoms with van der Waals surface area (Å²) in [6.45, 7) is 1.42. The summed E-state index contributed by atoms with van der Waals surface area (Å²) in [6.07, 6.45) is 0.965. The van der Waals surface area contributed by atoms with E-state index in [4.69, 9.17) is 0 Å². The molecule has 1 unspecified atom stereocenters. The Morgan fingerprint density at radius 3 is 2.06 bits per heavy atom. The number of hydrogen-bond acceptors (Lipinski definition) is 6. The van der Waals surface area contributed by atoms with Crippen LogP contribution < -0.4 is 0 Å². The topological polar surface area (TPSA) is 94.6 Å². The van der Waals surface area contributed by atoms with E-state index in [1.54, 1.807) is 0 Å². The van der Waals surface area contributed by atoms with Crippen LogP contribution in [0.1, 0.15) is 6.92 Å². The van der Waals surface area contributed by atoms with E-state index in [1.165, 1.54) is 14.0 Å². The van der Waals surface area contributed by atoms with Crippen LogP contribution in [0.15, 0.2) is 0 Å². The normalized spacial score (nSPS) is 14.4. The van der Waals surface area contributed by atoms with Crippen molar-refractivity contribution in [3.05, 3.63) is 0 Å². The molecule has 0 aromatic rings. The SMILES string of the molecule is COC(=O)C(C)CS(=O)(=O)CCS(C)(=O)=O. The van der Waals surface area contributed by atoms with Crippen molar-refractivity contribution in [2.24, 2.45) is 5.92 Å². The van der Waals surface area contributed by atoms with Gasteiger partial charge >= 0.3 is 5.97 Å². The van der Waals surface area contributed by atoms with Crippen molar-refractivity contribution in [2.75, 3.05) is 30.6 Å². The highest BCUT2D eigenvalue weighted by atomic mass is 32.2. The van der Waals surface area contributed by atoms with E-state index < -0.39 is 48.8 Å². The summed E-state index contributed by atoms with van der Waals surface area (Å²) in [5.41, 5.74) is 0. The fourth-order valence-corrected chi connectivity index (χ4v) is 4.30. The van der Waals surface area contributed by atoms with Crippen molar-refractivity contribution in [3.63, 3.8) is 0 Å². The third-order valence-electron chi connectivity index (χ3n) is 1.87. The molecule has 0 bridgehead atoms. The van der Waals surface area contributed by atoms with E-state index in [1.807, 2.05) is 0 Å². The van der Waals surface area contributed by atoms with Gasteiger partial charge in [0.05, 0.1) is 30.3 Å².